The van der Waals surface area contributed by atoms with Gasteiger partial charge in [0.2, 0.25) is 0 Å². The third-order valence-electron chi connectivity index (χ3n) is 4.38. The lowest BCUT2D eigenvalue weighted by molar-refractivity contribution is 0.497. The highest BCUT2D eigenvalue weighted by Crippen LogP contribution is 2.48. The van der Waals surface area contributed by atoms with Gasteiger partial charge in [0.05, 0.1) is 4.08 Å². The lowest BCUT2D eigenvalue weighted by Gasteiger charge is -2.32. The van der Waals surface area contributed by atoms with Crippen molar-refractivity contribution in [3.05, 3.63) is 0 Å². The zero-order valence-corrected chi connectivity index (χ0v) is 13.6. The van der Waals surface area contributed by atoms with Crippen LogP contribution in [-0.2, 0) is 0 Å². The molecule has 0 nitrogen and oxygen atoms in total. The van der Waals surface area contributed by atoms with E-state index < -0.39 is 0 Å². The van der Waals surface area contributed by atoms with E-state index in [0.717, 1.165) is 0 Å². The lowest BCUT2D eigenvalue weighted by atomic mass is 10.0. The van der Waals surface area contributed by atoms with E-state index in [4.69, 9.17) is 0 Å². The molecule has 2 rings (SSSR count). The van der Waals surface area contributed by atoms with Crippen molar-refractivity contribution in [2.45, 2.75) is 87.5 Å². The van der Waals surface area contributed by atoms with Crippen LogP contribution in [-0.4, -0.2) is 15.6 Å². The summed E-state index contributed by atoms with van der Waals surface area (Å²) < 4.78 is 0.621. The standard InChI is InChI=1S/C16H30S2/c1-2-4-6-8-12-16(13-9-7-5-3-1)17-14-10-11-15-18-16/h1-15H2. The van der Waals surface area contributed by atoms with E-state index in [0.29, 0.717) is 4.08 Å². The Labute approximate surface area is 122 Å². The molecule has 1 heterocycles. The number of hydrogen-bond acceptors (Lipinski definition) is 2. The number of hydrogen-bond donors (Lipinski definition) is 0. The summed E-state index contributed by atoms with van der Waals surface area (Å²) in [7, 11) is 0. The van der Waals surface area contributed by atoms with Crippen LogP contribution in [0.15, 0.2) is 0 Å². The number of thioether (sulfide) groups is 2. The second-order valence-corrected chi connectivity index (χ2v) is 9.21. The number of rotatable bonds is 0. The minimum atomic E-state index is 0.621. The van der Waals surface area contributed by atoms with Gasteiger partial charge in [-0.25, -0.2) is 0 Å². The molecule has 0 unspecified atom stereocenters. The van der Waals surface area contributed by atoms with Crippen LogP contribution in [0.4, 0.5) is 0 Å². The van der Waals surface area contributed by atoms with Gasteiger partial charge in [0, 0.05) is 0 Å². The maximum atomic E-state index is 2.32. The molecule has 0 atom stereocenters. The Balaban J connectivity index is 1.86. The van der Waals surface area contributed by atoms with Crippen LogP contribution in [0.25, 0.3) is 0 Å². The zero-order chi connectivity index (χ0) is 12.5. The molecular weight excluding hydrogens is 256 g/mol. The largest absolute Gasteiger partial charge is 0.144 e. The van der Waals surface area contributed by atoms with Gasteiger partial charge in [0.15, 0.2) is 0 Å². The summed E-state index contributed by atoms with van der Waals surface area (Å²) in [6.07, 6.45) is 19.3. The lowest BCUT2D eigenvalue weighted by Crippen LogP contribution is -2.20. The molecule has 1 saturated carbocycles. The molecule has 0 amide bonds. The summed E-state index contributed by atoms with van der Waals surface area (Å²) in [5.41, 5.74) is 0. The van der Waals surface area contributed by atoms with Crippen LogP contribution in [0, 0.1) is 0 Å². The first-order valence-corrected chi connectivity index (χ1v) is 10.2. The molecule has 0 radical (unpaired) electrons. The SMILES string of the molecule is C1CCCCCC2(CCCCC1)SCCCCS2. The average Bonchev–Trinajstić information content (AvgIpc) is 2.60. The van der Waals surface area contributed by atoms with E-state index in [-0.39, 0.29) is 0 Å². The van der Waals surface area contributed by atoms with Crippen LogP contribution >= 0.6 is 23.5 Å². The Morgan fingerprint density at radius 3 is 1.28 bits per heavy atom. The van der Waals surface area contributed by atoms with Crippen molar-refractivity contribution in [2.24, 2.45) is 0 Å². The first kappa shape index (κ1) is 15.1. The molecule has 0 bridgehead atoms. The first-order chi connectivity index (χ1) is 8.91. The predicted molar refractivity (Wildman–Crippen MR) is 87.7 cm³/mol. The molecule has 1 spiro atoms. The smallest absolute Gasteiger partial charge is 0.0611 e. The van der Waals surface area contributed by atoms with E-state index in [2.05, 4.69) is 23.5 Å². The third-order valence-corrected chi connectivity index (χ3v) is 7.95. The van der Waals surface area contributed by atoms with Gasteiger partial charge in [-0.05, 0) is 37.2 Å². The summed E-state index contributed by atoms with van der Waals surface area (Å²) >= 11 is 4.64. The maximum Gasteiger partial charge on any atom is 0.0611 e. The second-order valence-electron chi connectivity index (χ2n) is 6.00. The Morgan fingerprint density at radius 2 is 0.833 bits per heavy atom. The fourth-order valence-electron chi connectivity index (χ4n) is 3.20. The average molecular weight is 287 g/mol. The van der Waals surface area contributed by atoms with Crippen molar-refractivity contribution in [3.8, 4) is 0 Å². The van der Waals surface area contributed by atoms with Gasteiger partial charge in [-0.3, -0.25) is 0 Å². The van der Waals surface area contributed by atoms with Crippen molar-refractivity contribution in [2.75, 3.05) is 11.5 Å². The molecule has 0 aromatic carbocycles. The molecule has 2 aliphatic rings. The van der Waals surface area contributed by atoms with Crippen molar-refractivity contribution in [1.82, 2.24) is 0 Å². The molecule has 2 heteroatoms. The highest BCUT2D eigenvalue weighted by molar-refractivity contribution is 8.18. The van der Waals surface area contributed by atoms with Crippen molar-refractivity contribution in [1.29, 1.82) is 0 Å². The summed E-state index contributed by atoms with van der Waals surface area (Å²) in [5.74, 6) is 2.85. The molecule has 18 heavy (non-hydrogen) atoms. The second kappa shape index (κ2) is 8.79. The van der Waals surface area contributed by atoms with Gasteiger partial charge in [-0.15, -0.1) is 23.5 Å². The summed E-state index contributed by atoms with van der Waals surface area (Å²) in [5, 5.41) is 0. The zero-order valence-electron chi connectivity index (χ0n) is 11.9. The fraction of sp³-hybridized carbons (Fsp3) is 1.00. The van der Waals surface area contributed by atoms with Crippen molar-refractivity contribution in [3.63, 3.8) is 0 Å². The summed E-state index contributed by atoms with van der Waals surface area (Å²) in [6, 6.07) is 0. The Bertz CT molecular complexity index is 193. The molecule has 106 valence electrons. The van der Waals surface area contributed by atoms with Crippen LogP contribution in [0.3, 0.4) is 0 Å². The molecule has 0 aromatic rings. The first-order valence-electron chi connectivity index (χ1n) is 8.19. The minimum Gasteiger partial charge on any atom is -0.144 e. The van der Waals surface area contributed by atoms with Crippen LogP contribution in [0.1, 0.15) is 83.5 Å². The Morgan fingerprint density at radius 1 is 0.444 bits per heavy atom. The summed E-state index contributed by atoms with van der Waals surface area (Å²) in [6.45, 7) is 0. The van der Waals surface area contributed by atoms with E-state index >= 15 is 0 Å². The van der Waals surface area contributed by atoms with Crippen molar-refractivity contribution >= 4 is 23.5 Å². The molecule has 2 fully saturated rings. The van der Waals surface area contributed by atoms with E-state index in [1.165, 1.54) is 95.0 Å². The third kappa shape index (κ3) is 5.36. The van der Waals surface area contributed by atoms with Crippen molar-refractivity contribution < 1.29 is 0 Å². The fourth-order valence-corrected chi connectivity index (χ4v) is 6.63. The quantitative estimate of drug-likeness (QED) is 0.516. The molecule has 0 aromatic heterocycles. The van der Waals surface area contributed by atoms with Gasteiger partial charge in [-0.2, -0.15) is 0 Å². The molecular formula is C16H30S2. The maximum absolute atomic E-state index is 2.32. The van der Waals surface area contributed by atoms with Gasteiger partial charge < -0.3 is 0 Å². The van der Waals surface area contributed by atoms with Gasteiger partial charge in [0.1, 0.15) is 0 Å². The van der Waals surface area contributed by atoms with Crippen LogP contribution in [0.2, 0.25) is 0 Å². The van der Waals surface area contributed by atoms with E-state index in [1.807, 2.05) is 0 Å². The Hall–Kier alpha value is 0.700. The van der Waals surface area contributed by atoms with E-state index in [1.54, 1.807) is 0 Å². The normalized spacial score (nSPS) is 28.0. The van der Waals surface area contributed by atoms with Crippen LogP contribution < -0.4 is 0 Å². The molecule has 0 N–H and O–H groups in total. The summed E-state index contributed by atoms with van der Waals surface area (Å²) in [4.78, 5) is 0. The van der Waals surface area contributed by atoms with Gasteiger partial charge >= 0.3 is 0 Å². The predicted octanol–water partition coefficient (Wildman–Crippen LogP) is 6.25. The molecule has 1 saturated heterocycles. The van der Waals surface area contributed by atoms with E-state index in [9.17, 15) is 0 Å². The Kier molecular flexibility index (Phi) is 7.37. The molecule has 1 aliphatic heterocycles. The molecule has 1 aliphatic carbocycles. The topological polar surface area (TPSA) is 0 Å². The highest BCUT2D eigenvalue weighted by Gasteiger charge is 2.31. The van der Waals surface area contributed by atoms with Crippen LogP contribution in [0.5, 0.6) is 0 Å². The monoisotopic (exact) mass is 286 g/mol. The van der Waals surface area contributed by atoms with Gasteiger partial charge in [-0.1, -0.05) is 57.8 Å². The minimum absolute atomic E-state index is 0.621. The highest BCUT2D eigenvalue weighted by atomic mass is 32.2. The van der Waals surface area contributed by atoms with Gasteiger partial charge in [0.25, 0.3) is 0 Å².